The van der Waals surface area contributed by atoms with E-state index < -0.39 is 0 Å². The Bertz CT molecular complexity index is 553. The highest BCUT2D eigenvalue weighted by atomic mass is 79.9. The van der Waals surface area contributed by atoms with Crippen molar-refractivity contribution >= 4 is 27.7 Å². The molecule has 0 radical (unpaired) electrons. The van der Waals surface area contributed by atoms with Crippen LogP contribution in [0.3, 0.4) is 0 Å². The number of halogens is 1. The average Bonchev–Trinajstić information content (AvgIpc) is 2.44. The molecule has 0 heterocycles. The molecule has 114 valence electrons. The Morgan fingerprint density at radius 2 is 2.05 bits per heavy atom. The summed E-state index contributed by atoms with van der Waals surface area (Å²) in [5.74, 6) is -0.517. The number of benzene rings is 1. The molecule has 0 saturated heterocycles. The number of likely N-dealkylation sites (N-methyl/N-ethyl adjacent to an activating group) is 1. The van der Waals surface area contributed by atoms with Crippen LogP contribution in [0.15, 0.2) is 34.4 Å². The summed E-state index contributed by atoms with van der Waals surface area (Å²) >= 11 is 3.47. The second kappa shape index (κ2) is 8.62. The van der Waals surface area contributed by atoms with Gasteiger partial charge in [-0.05, 0) is 49.4 Å². The number of nitrogens with one attached hydrogen (secondary N) is 2. The van der Waals surface area contributed by atoms with Crippen molar-refractivity contribution in [3.05, 3.63) is 45.6 Å². The third-order valence-corrected chi connectivity index (χ3v) is 3.59. The molecule has 0 bridgehead atoms. The van der Waals surface area contributed by atoms with Crippen molar-refractivity contribution in [1.82, 2.24) is 10.6 Å². The predicted octanol–water partition coefficient (Wildman–Crippen LogP) is 2.85. The minimum Gasteiger partial charge on any atom is -0.354 e. The number of carbonyl (C=O) groups excluding carboxylic acids is 2. The van der Waals surface area contributed by atoms with Crippen molar-refractivity contribution < 1.29 is 9.59 Å². The smallest absolute Gasteiger partial charge is 0.267 e. The first-order chi connectivity index (χ1) is 9.93. The van der Waals surface area contributed by atoms with E-state index in [-0.39, 0.29) is 11.8 Å². The van der Waals surface area contributed by atoms with Gasteiger partial charge in [0, 0.05) is 18.4 Å². The van der Waals surface area contributed by atoms with E-state index >= 15 is 0 Å². The van der Waals surface area contributed by atoms with Gasteiger partial charge < -0.3 is 10.6 Å². The number of carbonyl (C=O) groups is 2. The predicted molar refractivity (Wildman–Crippen MR) is 87.8 cm³/mol. The Morgan fingerprint density at radius 1 is 1.33 bits per heavy atom. The summed E-state index contributed by atoms with van der Waals surface area (Å²) in [6.07, 6.45) is 4.35. The number of hydrogen-bond donors (Lipinski definition) is 2. The van der Waals surface area contributed by atoms with Crippen molar-refractivity contribution in [3.63, 3.8) is 0 Å². The summed E-state index contributed by atoms with van der Waals surface area (Å²) < 4.78 is 1.07. The van der Waals surface area contributed by atoms with Crippen molar-refractivity contribution in [2.45, 2.75) is 33.1 Å². The molecule has 2 N–H and O–H groups in total. The monoisotopic (exact) mass is 352 g/mol. The van der Waals surface area contributed by atoms with Crippen LogP contribution in [0.1, 0.15) is 30.9 Å². The van der Waals surface area contributed by atoms with Crippen LogP contribution in [0, 0.1) is 6.92 Å². The quantitative estimate of drug-likeness (QED) is 0.610. The normalized spacial score (nSPS) is 11.1. The minimum absolute atomic E-state index is 0.243. The maximum absolute atomic E-state index is 11.6. The number of hydrogen-bond acceptors (Lipinski definition) is 2. The fourth-order valence-electron chi connectivity index (χ4n) is 1.97. The van der Waals surface area contributed by atoms with Crippen LogP contribution in [-0.4, -0.2) is 18.9 Å². The number of aryl methyl sites for hydroxylation is 2. The Kier molecular flexibility index (Phi) is 7.15. The van der Waals surface area contributed by atoms with Crippen molar-refractivity contribution in [2.24, 2.45) is 0 Å². The van der Waals surface area contributed by atoms with Gasteiger partial charge in [0.25, 0.3) is 5.91 Å². The van der Waals surface area contributed by atoms with Crippen LogP contribution in [0.25, 0.3) is 0 Å². The molecule has 0 unspecified atom stereocenters. The van der Waals surface area contributed by atoms with Crippen molar-refractivity contribution in [1.29, 1.82) is 0 Å². The first-order valence-corrected chi connectivity index (χ1v) is 7.68. The molecule has 0 aromatic heterocycles. The Morgan fingerprint density at radius 3 is 2.67 bits per heavy atom. The number of allylic oxidation sites excluding steroid dienone is 1. The maximum atomic E-state index is 11.6. The fraction of sp³-hybridized carbons (Fsp3) is 0.375. The van der Waals surface area contributed by atoms with Crippen LogP contribution < -0.4 is 10.6 Å². The molecule has 4 nitrogen and oxygen atoms in total. The zero-order valence-corrected chi connectivity index (χ0v) is 14.2. The Labute approximate surface area is 134 Å². The summed E-state index contributed by atoms with van der Waals surface area (Å²) in [7, 11) is 1.54. The maximum Gasteiger partial charge on any atom is 0.267 e. The summed E-state index contributed by atoms with van der Waals surface area (Å²) in [5, 5.41) is 5.07. The lowest BCUT2D eigenvalue weighted by Gasteiger charge is -2.08. The van der Waals surface area contributed by atoms with E-state index in [9.17, 15) is 9.59 Å². The van der Waals surface area contributed by atoms with E-state index in [1.807, 2.05) is 6.07 Å². The van der Waals surface area contributed by atoms with Crippen LogP contribution in [0.5, 0.6) is 0 Å². The SMILES string of the molecule is CNC(=O)/C(=C/CCCc1cc(Br)ccc1C)NC(C)=O. The van der Waals surface area contributed by atoms with E-state index in [1.165, 1.54) is 18.1 Å². The molecular formula is C16H21BrN2O2. The second-order valence-electron chi connectivity index (χ2n) is 4.84. The molecule has 1 rings (SSSR count). The number of rotatable bonds is 6. The highest BCUT2D eigenvalue weighted by molar-refractivity contribution is 9.10. The van der Waals surface area contributed by atoms with E-state index in [4.69, 9.17) is 0 Å². The summed E-state index contributed by atoms with van der Waals surface area (Å²) in [6.45, 7) is 3.48. The highest BCUT2D eigenvalue weighted by Crippen LogP contribution is 2.18. The van der Waals surface area contributed by atoms with Gasteiger partial charge in [0.1, 0.15) is 5.70 Å². The molecule has 0 spiro atoms. The van der Waals surface area contributed by atoms with Crippen LogP contribution in [0.4, 0.5) is 0 Å². The van der Waals surface area contributed by atoms with Crippen LogP contribution in [0.2, 0.25) is 0 Å². The van der Waals surface area contributed by atoms with Gasteiger partial charge >= 0.3 is 0 Å². The van der Waals surface area contributed by atoms with E-state index in [0.717, 1.165) is 23.7 Å². The van der Waals surface area contributed by atoms with Crippen LogP contribution >= 0.6 is 15.9 Å². The van der Waals surface area contributed by atoms with E-state index in [0.29, 0.717) is 5.70 Å². The summed E-state index contributed by atoms with van der Waals surface area (Å²) in [5.41, 5.74) is 2.87. The Hall–Kier alpha value is -1.62. The van der Waals surface area contributed by atoms with Gasteiger partial charge in [-0.3, -0.25) is 9.59 Å². The zero-order valence-electron chi connectivity index (χ0n) is 12.6. The van der Waals surface area contributed by atoms with Gasteiger partial charge in [-0.1, -0.05) is 28.1 Å². The molecule has 21 heavy (non-hydrogen) atoms. The molecule has 5 heteroatoms. The number of unbranched alkanes of at least 4 members (excludes halogenated alkanes) is 1. The van der Waals surface area contributed by atoms with Gasteiger partial charge in [-0.15, -0.1) is 0 Å². The zero-order chi connectivity index (χ0) is 15.8. The average molecular weight is 353 g/mol. The molecule has 1 aromatic rings. The van der Waals surface area contributed by atoms with Gasteiger partial charge in [0.05, 0.1) is 0 Å². The van der Waals surface area contributed by atoms with Gasteiger partial charge in [-0.2, -0.15) is 0 Å². The van der Waals surface area contributed by atoms with Crippen molar-refractivity contribution in [3.8, 4) is 0 Å². The van der Waals surface area contributed by atoms with E-state index in [1.54, 1.807) is 13.1 Å². The molecule has 0 aliphatic carbocycles. The van der Waals surface area contributed by atoms with Gasteiger partial charge in [-0.25, -0.2) is 0 Å². The lowest BCUT2D eigenvalue weighted by molar-refractivity contribution is -0.122. The molecule has 0 fully saturated rings. The fourth-order valence-corrected chi connectivity index (χ4v) is 2.38. The molecule has 2 amide bonds. The van der Waals surface area contributed by atoms with E-state index in [2.05, 4.69) is 45.6 Å². The van der Waals surface area contributed by atoms with Gasteiger partial charge in [0.2, 0.25) is 5.91 Å². The van der Waals surface area contributed by atoms with Gasteiger partial charge in [0.15, 0.2) is 0 Å². The molecule has 0 aliphatic rings. The largest absolute Gasteiger partial charge is 0.354 e. The number of amides is 2. The molecular weight excluding hydrogens is 332 g/mol. The third-order valence-electron chi connectivity index (χ3n) is 3.09. The summed E-state index contributed by atoms with van der Waals surface area (Å²) in [4.78, 5) is 22.7. The third kappa shape index (κ3) is 6.12. The topological polar surface area (TPSA) is 58.2 Å². The van der Waals surface area contributed by atoms with Crippen molar-refractivity contribution in [2.75, 3.05) is 7.05 Å². The lowest BCUT2D eigenvalue weighted by atomic mass is 10.0. The standard InChI is InChI=1S/C16H21BrN2O2/c1-11-8-9-14(17)10-13(11)6-4-5-7-15(16(21)18-3)19-12(2)20/h7-10H,4-6H2,1-3H3,(H,18,21)(H,19,20)/b15-7-. The van der Waals surface area contributed by atoms with Crippen LogP contribution in [-0.2, 0) is 16.0 Å². The summed E-state index contributed by atoms with van der Waals surface area (Å²) in [6, 6.07) is 6.23. The molecule has 0 atom stereocenters. The minimum atomic E-state index is -0.274. The first-order valence-electron chi connectivity index (χ1n) is 6.89. The second-order valence-corrected chi connectivity index (χ2v) is 5.76. The lowest BCUT2D eigenvalue weighted by Crippen LogP contribution is -2.31. The first kappa shape index (κ1) is 17.4. The molecule has 0 aliphatic heterocycles. The molecule has 1 aromatic carbocycles. The highest BCUT2D eigenvalue weighted by Gasteiger charge is 2.08. The molecule has 0 saturated carbocycles. The Balaban J connectivity index is 2.60.